The first-order chi connectivity index (χ1) is 6.15. The molecule has 13 heavy (non-hydrogen) atoms. The second kappa shape index (κ2) is 4.13. The molecule has 2 nitrogen and oxygen atoms in total. The predicted molar refractivity (Wildman–Crippen MR) is 43.9 cm³/mol. The minimum Gasteiger partial charge on any atom is -0.381 e. The van der Waals surface area contributed by atoms with Crippen molar-refractivity contribution in [3.63, 3.8) is 0 Å². The summed E-state index contributed by atoms with van der Waals surface area (Å²) in [4.78, 5) is 0. The third kappa shape index (κ3) is 2.35. The molecule has 0 fully saturated rings. The molecule has 1 aromatic rings. The standard InChI is InChI=1S/C8H9F3N2/c9-5-3-7(11)8(4-6(5)10)13-2-1-12/h3-4,13H,1-2,12H2. The molecule has 0 amide bonds. The van der Waals surface area contributed by atoms with Gasteiger partial charge in [0.15, 0.2) is 11.6 Å². The maximum atomic E-state index is 12.8. The highest BCUT2D eigenvalue weighted by atomic mass is 19.2. The average Bonchev–Trinajstić information content (AvgIpc) is 2.09. The largest absolute Gasteiger partial charge is 0.381 e. The Labute approximate surface area is 73.5 Å². The van der Waals surface area contributed by atoms with Crippen molar-refractivity contribution in [2.24, 2.45) is 5.73 Å². The molecule has 1 aromatic carbocycles. The molecule has 0 atom stereocenters. The summed E-state index contributed by atoms with van der Waals surface area (Å²) in [6.45, 7) is 0.598. The van der Waals surface area contributed by atoms with Crippen molar-refractivity contribution in [1.82, 2.24) is 0 Å². The average molecular weight is 190 g/mol. The van der Waals surface area contributed by atoms with Gasteiger partial charge >= 0.3 is 0 Å². The Hall–Kier alpha value is -1.23. The Morgan fingerprint density at radius 3 is 2.31 bits per heavy atom. The quantitative estimate of drug-likeness (QED) is 0.708. The van der Waals surface area contributed by atoms with Crippen molar-refractivity contribution in [2.75, 3.05) is 18.4 Å². The van der Waals surface area contributed by atoms with Gasteiger partial charge in [-0.2, -0.15) is 0 Å². The minimum absolute atomic E-state index is 0.0793. The Morgan fingerprint density at radius 1 is 1.08 bits per heavy atom. The zero-order valence-electron chi connectivity index (χ0n) is 6.78. The van der Waals surface area contributed by atoms with E-state index in [9.17, 15) is 13.2 Å². The normalized spacial score (nSPS) is 10.2. The molecule has 0 heterocycles. The lowest BCUT2D eigenvalue weighted by molar-refractivity contribution is 0.496. The Balaban J connectivity index is 2.88. The highest BCUT2D eigenvalue weighted by Gasteiger charge is 2.08. The van der Waals surface area contributed by atoms with Crippen molar-refractivity contribution >= 4 is 5.69 Å². The third-order valence-corrected chi connectivity index (χ3v) is 1.47. The Kier molecular flexibility index (Phi) is 3.13. The monoisotopic (exact) mass is 190 g/mol. The van der Waals surface area contributed by atoms with Gasteiger partial charge in [-0.3, -0.25) is 0 Å². The molecule has 0 aliphatic rings. The first-order valence-corrected chi connectivity index (χ1v) is 3.73. The Morgan fingerprint density at radius 2 is 1.69 bits per heavy atom. The fourth-order valence-electron chi connectivity index (χ4n) is 0.865. The van der Waals surface area contributed by atoms with Gasteiger partial charge in [0.05, 0.1) is 5.69 Å². The van der Waals surface area contributed by atoms with Crippen molar-refractivity contribution in [2.45, 2.75) is 0 Å². The first kappa shape index (κ1) is 9.85. The molecule has 0 aliphatic carbocycles. The van der Waals surface area contributed by atoms with Crippen LogP contribution in [0.3, 0.4) is 0 Å². The lowest BCUT2D eigenvalue weighted by atomic mass is 10.3. The van der Waals surface area contributed by atoms with Crippen molar-refractivity contribution in [1.29, 1.82) is 0 Å². The maximum Gasteiger partial charge on any atom is 0.161 e. The van der Waals surface area contributed by atoms with Gasteiger partial charge in [-0.25, -0.2) is 13.2 Å². The van der Waals surface area contributed by atoms with Gasteiger partial charge < -0.3 is 11.1 Å². The fraction of sp³-hybridized carbons (Fsp3) is 0.250. The maximum absolute atomic E-state index is 12.8. The number of halogens is 3. The third-order valence-electron chi connectivity index (χ3n) is 1.47. The van der Waals surface area contributed by atoms with E-state index < -0.39 is 17.5 Å². The number of anilines is 1. The molecular weight excluding hydrogens is 181 g/mol. The molecule has 72 valence electrons. The molecule has 3 N–H and O–H groups in total. The van der Waals surface area contributed by atoms with E-state index in [0.29, 0.717) is 19.2 Å². The number of nitrogens with one attached hydrogen (secondary N) is 1. The van der Waals surface area contributed by atoms with Gasteiger partial charge in [-0.1, -0.05) is 0 Å². The Bertz CT molecular complexity index is 302. The first-order valence-electron chi connectivity index (χ1n) is 3.73. The zero-order chi connectivity index (χ0) is 9.84. The molecule has 1 rings (SSSR count). The van der Waals surface area contributed by atoms with Gasteiger partial charge in [0, 0.05) is 25.2 Å². The van der Waals surface area contributed by atoms with Gasteiger partial charge in [0.1, 0.15) is 5.82 Å². The number of hydrogen-bond acceptors (Lipinski definition) is 2. The van der Waals surface area contributed by atoms with Crippen molar-refractivity contribution in [3.05, 3.63) is 29.6 Å². The summed E-state index contributed by atoms with van der Waals surface area (Å²) < 4.78 is 37.8. The highest BCUT2D eigenvalue weighted by molar-refractivity contribution is 5.45. The number of nitrogens with two attached hydrogens (primary N) is 1. The van der Waals surface area contributed by atoms with Crippen LogP contribution in [-0.2, 0) is 0 Å². The predicted octanol–water partition coefficient (Wildman–Crippen LogP) is 1.47. The molecular formula is C8H9F3N2. The summed E-state index contributed by atoms with van der Waals surface area (Å²) in [6.07, 6.45) is 0. The van der Waals surface area contributed by atoms with E-state index in [2.05, 4.69) is 5.32 Å². The summed E-state index contributed by atoms with van der Waals surface area (Å²) in [5.74, 6) is -3.11. The van der Waals surface area contributed by atoms with Gasteiger partial charge in [0.2, 0.25) is 0 Å². The molecule has 0 saturated heterocycles. The summed E-state index contributed by atoms with van der Waals surface area (Å²) in [6, 6.07) is 1.26. The van der Waals surface area contributed by atoms with Crippen molar-refractivity contribution in [3.8, 4) is 0 Å². The van der Waals surface area contributed by atoms with Gasteiger partial charge in [-0.15, -0.1) is 0 Å². The van der Waals surface area contributed by atoms with Crippen LogP contribution in [0, 0.1) is 17.5 Å². The van der Waals surface area contributed by atoms with Crippen LogP contribution in [0.25, 0.3) is 0 Å². The topological polar surface area (TPSA) is 38.0 Å². The van der Waals surface area contributed by atoms with Crippen LogP contribution >= 0.6 is 0 Å². The lowest BCUT2D eigenvalue weighted by Gasteiger charge is -2.05. The summed E-state index contributed by atoms with van der Waals surface area (Å²) in [7, 11) is 0. The van der Waals surface area contributed by atoms with E-state index in [0.717, 1.165) is 6.07 Å². The van der Waals surface area contributed by atoms with Crippen LogP contribution in [0.2, 0.25) is 0 Å². The molecule has 0 radical (unpaired) electrons. The second-order valence-electron chi connectivity index (χ2n) is 2.46. The molecule has 0 saturated carbocycles. The van der Waals surface area contributed by atoms with Crippen LogP contribution in [0.5, 0.6) is 0 Å². The SMILES string of the molecule is NCCNc1cc(F)c(F)cc1F. The van der Waals surface area contributed by atoms with Crippen LogP contribution in [-0.4, -0.2) is 13.1 Å². The molecule has 0 spiro atoms. The smallest absolute Gasteiger partial charge is 0.161 e. The minimum atomic E-state index is -1.20. The van der Waals surface area contributed by atoms with Crippen LogP contribution in [0.4, 0.5) is 18.9 Å². The zero-order valence-corrected chi connectivity index (χ0v) is 6.78. The molecule has 0 aliphatic heterocycles. The van der Waals surface area contributed by atoms with E-state index in [1.807, 2.05) is 0 Å². The number of benzene rings is 1. The van der Waals surface area contributed by atoms with E-state index in [1.54, 1.807) is 0 Å². The summed E-state index contributed by atoms with van der Waals surface area (Å²) in [5, 5.41) is 2.52. The lowest BCUT2D eigenvalue weighted by Crippen LogP contribution is -2.14. The summed E-state index contributed by atoms with van der Waals surface area (Å²) >= 11 is 0. The van der Waals surface area contributed by atoms with Crippen LogP contribution < -0.4 is 11.1 Å². The van der Waals surface area contributed by atoms with Gasteiger partial charge in [-0.05, 0) is 0 Å². The van der Waals surface area contributed by atoms with Gasteiger partial charge in [0.25, 0.3) is 0 Å². The highest BCUT2D eigenvalue weighted by Crippen LogP contribution is 2.17. The molecule has 0 bridgehead atoms. The molecule has 0 aromatic heterocycles. The van der Waals surface area contributed by atoms with E-state index >= 15 is 0 Å². The fourth-order valence-corrected chi connectivity index (χ4v) is 0.865. The van der Waals surface area contributed by atoms with E-state index in [-0.39, 0.29) is 5.69 Å². The number of hydrogen-bond donors (Lipinski definition) is 2. The van der Waals surface area contributed by atoms with E-state index in [1.165, 1.54) is 0 Å². The molecule has 5 heteroatoms. The van der Waals surface area contributed by atoms with Crippen LogP contribution in [0.1, 0.15) is 0 Å². The number of rotatable bonds is 3. The molecule has 0 unspecified atom stereocenters. The van der Waals surface area contributed by atoms with Crippen LogP contribution in [0.15, 0.2) is 12.1 Å². The van der Waals surface area contributed by atoms with E-state index in [4.69, 9.17) is 5.73 Å². The second-order valence-corrected chi connectivity index (χ2v) is 2.46. The summed E-state index contributed by atoms with van der Waals surface area (Å²) in [5.41, 5.74) is 5.06. The van der Waals surface area contributed by atoms with Crippen molar-refractivity contribution < 1.29 is 13.2 Å².